The monoisotopic (exact) mass is 190 g/mol. The van der Waals surface area contributed by atoms with Crippen LogP contribution in [0.25, 0.3) is 0 Å². The molecule has 0 amide bonds. The number of ether oxygens (including phenoxy) is 1. The molecule has 1 rings (SSSR count). The van der Waals surface area contributed by atoms with E-state index in [2.05, 4.69) is 4.74 Å². The molecule has 2 atom stereocenters. The third-order valence-corrected chi connectivity index (χ3v) is 3.15. The SMILES string of the molecule is COC(=O)[C@H]1CCSCC[C@@H]1O. The molecule has 0 bridgehead atoms. The Morgan fingerprint density at radius 3 is 2.83 bits per heavy atom. The topological polar surface area (TPSA) is 46.5 Å². The van der Waals surface area contributed by atoms with Crippen molar-refractivity contribution >= 4 is 17.7 Å². The first kappa shape index (κ1) is 9.86. The molecule has 1 heterocycles. The fourth-order valence-corrected chi connectivity index (χ4v) is 2.37. The van der Waals surface area contributed by atoms with E-state index in [9.17, 15) is 9.90 Å². The van der Waals surface area contributed by atoms with Gasteiger partial charge in [-0.3, -0.25) is 4.79 Å². The van der Waals surface area contributed by atoms with Gasteiger partial charge in [0.2, 0.25) is 0 Å². The van der Waals surface area contributed by atoms with E-state index >= 15 is 0 Å². The third kappa shape index (κ3) is 2.38. The summed E-state index contributed by atoms with van der Waals surface area (Å²) in [7, 11) is 1.37. The average Bonchev–Trinajstić information content (AvgIpc) is 2.28. The van der Waals surface area contributed by atoms with Gasteiger partial charge in [-0.2, -0.15) is 11.8 Å². The van der Waals surface area contributed by atoms with E-state index in [1.165, 1.54) is 7.11 Å². The Balaban J connectivity index is 2.52. The van der Waals surface area contributed by atoms with Gasteiger partial charge in [-0.1, -0.05) is 0 Å². The van der Waals surface area contributed by atoms with Crippen molar-refractivity contribution in [1.29, 1.82) is 0 Å². The summed E-state index contributed by atoms with van der Waals surface area (Å²) >= 11 is 1.78. The molecule has 0 radical (unpaired) electrons. The summed E-state index contributed by atoms with van der Waals surface area (Å²) < 4.78 is 4.61. The number of methoxy groups -OCH3 is 1. The van der Waals surface area contributed by atoms with E-state index in [1.807, 2.05) is 0 Å². The van der Waals surface area contributed by atoms with Crippen LogP contribution in [0.3, 0.4) is 0 Å². The Morgan fingerprint density at radius 2 is 2.17 bits per heavy atom. The number of esters is 1. The quantitative estimate of drug-likeness (QED) is 0.617. The molecule has 70 valence electrons. The zero-order chi connectivity index (χ0) is 8.97. The maximum atomic E-state index is 11.1. The first-order valence-electron chi connectivity index (χ1n) is 4.09. The molecule has 0 saturated carbocycles. The third-order valence-electron chi connectivity index (χ3n) is 2.10. The molecule has 1 saturated heterocycles. The standard InChI is InChI=1S/C8H14O3S/c1-11-8(10)6-2-4-12-5-3-7(6)9/h6-7,9H,2-5H2,1H3/t6-,7-/m0/s1. The van der Waals surface area contributed by atoms with Crippen LogP contribution in [-0.4, -0.2) is 35.8 Å². The van der Waals surface area contributed by atoms with Crippen LogP contribution >= 0.6 is 11.8 Å². The number of aliphatic hydroxyl groups excluding tert-OH is 1. The Bertz CT molecular complexity index is 160. The van der Waals surface area contributed by atoms with Crippen LogP contribution in [0.5, 0.6) is 0 Å². The van der Waals surface area contributed by atoms with Crippen LogP contribution in [0, 0.1) is 5.92 Å². The van der Waals surface area contributed by atoms with Gasteiger partial charge in [0.15, 0.2) is 0 Å². The molecular weight excluding hydrogens is 176 g/mol. The van der Waals surface area contributed by atoms with E-state index in [0.29, 0.717) is 6.42 Å². The van der Waals surface area contributed by atoms with Crippen LogP contribution < -0.4 is 0 Å². The van der Waals surface area contributed by atoms with Crippen molar-refractivity contribution in [1.82, 2.24) is 0 Å². The lowest BCUT2D eigenvalue weighted by atomic mass is 9.98. The van der Waals surface area contributed by atoms with E-state index in [1.54, 1.807) is 11.8 Å². The lowest BCUT2D eigenvalue weighted by Gasteiger charge is -2.16. The first-order valence-corrected chi connectivity index (χ1v) is 5.25. The molecule has 0 aromatic heterocycles. The minimum absolute atomic E-state index is 0.273. The molecule has 4 heteroatoms. The van der Waals surface area contributed by atoms with Crippen molar-refractivity contribution < 1.29 is 14.6 Å². The zero-order valence-corrected chi connectivity index (χ0v) is 7.97. The number of aliphatic hydroxyl groups is 1. The molecule has 3 nitrogen and oxygen atoms in total. The minimum Gasteiger partial charge on any atom is -0.469 e. The number of carbonyl (C=O) groups excluding carboxylic acids is 1. The highest BCUT2D eigenvalue weighted by Crippen LogP contribution is 2.23. The van der Waals surface area contributed by atoms with Gasteiger partial charge in [0.25, 0.3) is 0 Å². The molecule has 1 N–H and O–H groups in total. The van der Waals surface area contributed by atoms with Gasteiger partial charge in [0.05, 0.1) is 19.1 Å². The van der Waals surface area contributed by atoms with Gasteiger partial charge in [-0.15, -0.1) is 0 Å². The molecule has 1 fully saturated rings. The predicted molar refractivity (Wildman–Crippen MR) is 48.1 cm³/mol. The van der Waals surface area contributed by atoms with Crippen molar-refractivity contribution in [3.8, 4) is 0 Å². The van der Waals surface area contributed by atoms with Crippen LogP contribution in [0.1, 0.15) is 12.8 Å². The van der Waals surface area contributed by atoms with Gasteiger partial charge in [0.1, 0.15) is 0 Å². The highest BCUT2D eigenvalue weighted by atomic mass is 32.2. The Hall–Kier alpha value is -0.220. The maximum Gasteiger partial charge on any atom is 0.311 e. The van der Waals surface area contributed by atoms with Crippen molar-refractivity contribution in [3.05, 3.63) is 0 Å². The molecule has 0 aliphatic carbocycles. The average molecular weight is 190 g/mol. The summed E-state index contributed by atoms with van der Waals surface area (Å²) in [5, 5.41) is 9.54. The maximum absolute atomic E-state index is 11.1. The fraction of sp³-hybridized carbons (Fsp3) is 0.875. The van der Waals surface area contributed by atoms with Crippen LogP contribution in [0.4, 0.5) is 0 Å². The number of hydrogen-bond acceptors (Lipinski definition) is 4. The minimum atomic E-state index is -0.507. The van der Waals surface area contributed by atoms with E-state index < -0.39 is 6.10 Å². The summed E-state index contributed by atoms with van der Waals surface area (Å²) in [5.41, 5.74) is 0. The molecule has 0 aromatic rings. The smallest absolute Gasteiger partial charge is 0.311 e. The normalized spacial score (nSPS) is 30.8. The van der Waals surface area contributed by atoms with Crippen LogP contribution in [-0.2, 0) is 9.53 Å². The highest BCUT2D eigenvalue weighted by molar-refractivity contribution is 7.99. The molecule has 0 aromatic carbocycles. The number of rotatable bonds is 1. The lowest BCUT2D eigenvalue weighted by Crippen LogP contribution is -2.28. The van der Waals surface area contributed by atoms with Crippen LogP contribution in [0.2, 0.25) is 0 Å². The van der Waals surface area contributed by atoms with Gasteiger partial charge in [-0.05, 0) is 24.3 Å². The second-order valence-electron chi connectivity index (χ2n) is 2.89. The number of hydrogen-bond donors (Lipinski definition) is 1. The predicted octanol–water partition coefficient (Wildman–Crippen LogP) is 0.663. The van der Waals surface area contributed by atoms with E-state index in [4.69, 9.17) is 0 Å². The van der Waals surface area contributed by atoms with E-state index in [0.717, 1.165) is 17.9 Å². The van der Waals surface area contributed by atoms with Crippen LogP contribution in [0.15, 0.2) is 0 Å². The Morgan fingerprint density at radius 1 is 1.50 bits per heavy atom. The van der Waals surface area contributed by atoms with Crippen molar-refractivity contribution in [2.24, 2.45) is 5.92 Å². The molecule has 0 spiro atoms. The van der Waals surface area contributed by atoms with Crippen molar-refractivity contribution in [2.45, 2.75) is 18.9 Å². The van der Waals surface area contributed by atoms with Gasteiger partial charge in [-0.25, -0.2) is 0 Å². The second-order valence-corrected chi connectivity index (χ2v) is 4.11. The Kier molecular flexibility index (Phi) is 3.88. The van der Waals surface area contributed by atoms with E-state index in [-0.39, 0.29) is 11.9 Å². The lowest BCUT2D eigenvalue weighted by molar-refractivity contribution is -0.149. The second kappa shape index (κ2) is 4.72. The molecular formula is C8H14O3S. The van der Waals surface area contributed by atoms with Crippen molar-refractivity contribution in [3.63, 3.8) is 0 Å². The summed E-state index contributed by atoms with van der Waals surface area (Å²) in [6.07, 6.45) is 0.926. The largest absolute Gasteiger partial charge is 0.469 e. The summed E-state index contributed by atoms with van der Waals surface area (Å²) in [5.74, 6) is 1.31. The van der Waals surface area contributed by atoms with Gasteiger partial charge >= 0.3 is 5.97 Å². The Labute approximate surface area is 76.5 Å². The number of thioether (sulfide) groups is 1. The van der Waals surface area contributed by atoms with Gasteiger partial charge < -0.3 is 9.84 Å². The first-order chi connectivity index (χ1) is 5.75. The molecule has 1 aliphatic rings. The summed E-state index contributed by atoms with van der Waals surface area (Å²) in [6.45, 7) is 0. The molecule has 12 heavy (non-hydrogen) atoms. The fourth-order valence-electron chi connectivity index (χ4n) is 1.34. The highest BCUT2D eigenvalue weighted by Gasteiger charge is 2.28. The number of carbonyl (C=O) groups is 1. The van der Waals surface area contributed by atoms with Crippen molar-refractivity contribution in [2.75, 3.05) is 18.6 Å². The molecule has 1 aliphatic heterocycles. The molecule has 0 unspecified atom stereocenters. The van der Waals surface area contributed by atoms with Gasteiger partial charge in [0, 0.05) is 0 Å². The summed E-state index contributed by atoms with van der Waals surface area (Å²) in [6, 6.07) is 0. The zero-order valence-electron chi connectivity index (χ0n) is 7.16. The summed E-state index contributed by atoms with van der Waals surface area (Å²) in [4.78, 5) is 11.1.